The Morgan fingerprint density at radius 1 is 1.09 bits per heavy atom. The number of piperidine rings is 1. The molecule has 0 saturated carbocycles. The molecular formula is C35H45N5O5. The second-order valence-corrected chi connectivity index (χ2v) is 12.7. The summed E-state index contributed by atoms with van der Waals surface area (Å²) in [6.07, 6.45) is 3.41. The van der Waals surface area contributed by atoms with E-state index in [0.29, 0.717) is 80.3 Å². The van der Waals surface area contributed by atoms with Crippen LogP contribution in [-0.2, 0) is 34.5 Å². The molecule has 0 radical (unpaired) electrons. The summed E-state index contributed by atoms with van der Waals surface area (Å²) in [6.45, 7) is 10.2. The van der Waals surface area contributed by atoms with Crippen molar-refractivity contribution >= 4 is 23.4 Å². The third kappa shape index (κ3) is 8.01. The summed E-state index contributed by atoms with van der Waals surface area (Å²) in [5.74, 6) is 1.31. The molecule has 2 N–H and O–H groups in total. The molecule has 2 aromatic rings. The molecule has 1 fully saturated rings. The van der Waals surface area contributed by atoms with E-state index in [4.69, 9.17) is 20.1 Å². The monoisotopic (exact) mass is 615 g/mol. The molecule has 2 amide bonds. The molecule has 0 aliphatic carbocycles. The zero-order chi connectivity index (χ0) is 32.7. The number of likely N-dealkylation sites (tertiary alicyclic amines) is 1. The summed E-state index contributed by atoms with van der Waals surface area (Å²) in [5.41, 5.74) is 4.04. The van der Waals surface area contributed by atoms with E-state index in [0.717, 1.165) is 29.5 Å². The molecule has 0 aromatic heterocycles. The van der Waals surface area contributed by atoms with Crippen LogP contribution >= 0.6 is 0 Å². The highest BCUT2D eigenvalue weighted by Crippen LogP contribution is 2.37. The van der Waals surface area contributed by atoms with Crippen LogP contribution in [-0.4, -0.2) is 66.6 Å². The first-order valence-electron chi connectivity index (χ1n) is 15.8. The number of ketones is 1. The number of nitriles is 1. The van der Waals surface area contributed by atoms with Gasteiger partial charge in [-0.05, 0) is 61.4 Å². The van der Waals surface area contributed by atoms with E-state index >= 15 is 0 Å². The van der Waals surface area contributed by atoms with Gasteiger partial charge in [0.05, 0.1) is 32.2 Å². The number of likely N-dealkylation sites (N-methyl/N-ethyl adjacent to an activating group) is 1. The number of amides is 2. The number of Topliss-reactive ketones (excluding diaryl/α,β-unsaturated/α-hetero) is 1. The lowest BCUT2D eigenvalue weighted by atomic mass is 9.83. The van der Waals surface area contributed by atoms with Gasteiger partial charge in [-0.3, -0.25) is 19.8 Å². The number of hydrogen-bond donors (Lipinski definition) is 2. The minimum absolute atomic E-state index is 0.00367. The molecule has 0 atom stereocenters. The Kier molecular flexibility index (Phi) is 10.9. The number of rotatable bonds is 13. The highest BCUT2D eigenvalue weighted by Gasteiger charge is 2.31. The Bertz CT molecular complexity index is 1500. The lowest BCUT2D eigenvalue weighted by molar-refractivity contribution is -0.133. The predicted octanol–water partition coefficient (Wildman–Crippen LogP) is 4.89. The third-order valence-corrected chi connectivity index (χ3v) is 8.24. The Morgan fingerprint density at radius 2 is 1.87 bits per heavy atom. The van der Waals surface area contributed by atoms with Crippen LogP contribution in [0.2, 0.25) is 0 Å². The van der Waals surface area contributed by atoms with Crippen molar-refractivity contribution in [2.75, 3.05) is 33.4 Å². The van der Waals surface area contributed by atoms with Gasteiger partial charge in [0.1, 0.15) is 17.3 Å². The summed E-state index contributed by atoms with van der Waals surface area (Å²) in [6, 6.07) is 9.57. The fourth-order valence-electron chi connectivity index (χ4n) is 5.82. The topological polar surface area (TPSA) is 136 Å². The van der Waals surface area contributed by atoms with Crippen molar-refractivity contribution in [3.8, 4) is 17.6 Å². The highest BCUT2D eigenvalue weighted by molar-refractivity contribution is 6.05. The van der Waals surface area contributed by atoms with Crippen LogP contribution < -0.4 is 14.8 Å². The van der Waals surface area contributed by atoms with Crippen LogP contribution in [0.15, 0.2) is 24.3 Å². The fraction of sp³-hybridized carbons (Fsp3) is 0.514. The first-order chi connectivity index (χ1) is 21.5. The molecule has 2 aromatic carbocycles. The van der Waals surface area contributed by atoms with Gasteiger partial charge in [0.25, 0.3) is 0 Å². The summed E-state index contributed by atoms with van der Waals surface area (Å²) in [4.78, 5) is 42.4. The van der Waals surface area contributed by atoms with Gasteiger partial charge in [-0.25, -0.2) is 0 Å². The highest BCUT2D eigenvalue weighted by atomic mass is 16.5. The van der Waals surface area contributed by atoms with Crippen LogP contribution in [0.4, 0.5) is 0 Å². The zero-order valence-electron chi connectivity index (χ0n) is 27.2. The fourth-order valence-corrected chi connectivity index (χ4v) is 5.82. The van der Waals surface area contributed by atoms with Gasteiger partial charge < -0.3 is 24.6 Å². The van der Waals surface area contributed by atoms with Gasteiger partial charge in [0.2, 0.25) is 11.8 Å². The van der Waals surface area contributed by atoms with E-state index in [1.54, 1.807) is 11.9 Å². The van der Waals surface area contributed by atoms with Crippen LogP contribution in [0.25, 0.3) is 0 Å². The average molecular weight is 616 g/mol. The number of unbranched alkanes of at least 4 members (excludes halogenated alkanes) is 1. The normalized spacial score (nSPS) is 14.7. The Balaban J connectivity index is 1.65. The molecule has 0 spiro atoms. The van der Waals surface area contributed by atoms with Crippen molar-refractivity contribution in [2.24, 2.45) is 0 Å². The maximum atomic E-state index is 13.9. The molecule has 0 bridgehead atoms. The molecule has 2 aliphatic heterocycles. The number of nitrogens with zero attached hydrogens (tertiary/aromatic N) is 3. The summed E-state index contributed by atoms with van der Waals surface area (Å²) in [7, 11) is 1.58. The molecule has 2 heterocycles. The molecule has 45 heavy (non-hydrogen) atoms. The maximum Gasteiger partial charge on any atom is 0.224 e. The van der Waals surface area contributed by atoms with E-state index in [1.165, 1.54) is 0 Å². The Hall–Kier alpha value is -4.39. The van der Waals surface area contributed by atoms with Crippen molar-refractivity contribution < 1.29 is 23.9 Å². The molecular weight excluding hydrogens is 570 g/mol. The lowest BCUT2D eigenvalue weighted by Gasteiger charge is -2.30. The molecule has 0 unspecified atom stereocenters. The number of amidine groups is 1. The van der Waals surface area contributed by atoms with Gasteiger partial charge in [0, 0.05) is 67.3 Å². The van der Waals surface area contributed by atoms with Crippen LogP contribution in [0, 0.1) is 16.7 Å². The smallest absolute Gasteiger partial charge is 0.224 e. The number of benzene rings is 2. The van der Waals surface area contributed by atoms with Gasteiger partial charge in [0.15, 0.2) is 5.78 Å². The van der Waals surface area contributed by atoms with Gasteiger partial charge >= 0.3 is 0 Å². The largest absolute Gasteiger partial charge is 0.494 e. The van der Waals surface area contributed by atoms with Crippen molar-refractivity contribution in [2.45, 2.75) is 84.7 Å². The minimum Gasteiger partial charge on any atom is -0.494 e. The molecule has 10 heteroatoms. The first-order valence-corrected chi connectivity index (χ1v) is 15.8. The molecule has 1 saturated heterocycles. The second kappa shape index (κ2) is 14.6. The van der Waals surface area contributed by atoms with E-state index in [-0.39, 0.29) is 41.8 Å². The quantitative estimate of drug-likeness (QED) is 0.242. The lowest BCUT2D eigenvalue weighted by Crippen LogP contribution is -2.35. The van der Waals surface area contributed by atoms with Crippen LogP contribution in [0.1, 0.15) is 98.0 Å². The number of carbonyl (C=O) groups excluding carboxylic acids is 3. The average Bonchev–Trinajstić information content (AvgIpc) is 3.29. The van der Waals surface area contributed by atoms with Crippen LogP contribution in [0.5, 0.6) is 11.5 Å². The van der Waals surface area contributed by atoms with E-state index in [1.807, 2.05) is 36.1 Å². The second-order valence-electron chi connectivity index (χ2n) is 12.7. The van der Waals surface area contributed by atoms with Gasteiger partial charge in [-0.1, -0.05) is 20.8 Å². The van der Waals surface area contributed by atoms with Gasteiger partial charge in [-0.2, -0.15) is 5.26 Å². The Morgan fingerprint density at radius 3 is 2.53 bits per heavy atom. The standard InChI is InChI=1S/C35H45N5O5/c1-6-44-30-18-25-20-40(34(37)27(25)16-24(30)19-31(42)38-5)22-29(41)23-15-26(21-39-13-9-7-11-32(39)43)33(45-14-10-8-12-36)28(17-23)35(2,3)4/h15-18,37H,6-11,13-14,19-22H2,1-5H3,(H,38,42). The first kappa shape index (κ1) is 33.5. The van der Waals surface area contributed by atoms with Crippen LogP contribution in [0.3, 0.4) is 0 Å². The van der Waals surface area contributed by atoms with Crippen molar-refractivity contribution in [3.63, 3.8) is 0 Å². The molecule has 10 nitrogen and oxygen atoms in total. The van der Waals surface area contributed by atoms with E-state index in [2.05, 4.69) is 32.2 Å². The number of ether oxygens (including phenoxy) is 2. The molecule has 2 aliphatic rings. The third-order valence-electron chi connectivity index (χ3n) is 8.24. The molecule has 240 valence electrons. The maximum absolute atomic E-state index is 13.9. The van der Waals surface area contributed by atoms with E-state index in [9.17, 15) is 14.4 Å². The molecule has 4 rings (SSSR count). The Labute approximate surface area is 266 Å². The SMILES string of the molecule is CCOc1cc2c(cc1CC(=O)NC)C(=N)N(CC(=O)c1cc(CN3CCCCC3=O)c(OCCCC#N)c(C(C)(C)C)c1)C2. The number of nitrogens with one attached hydrogen (secondary N) is 2. The van der Waals surface area contributed by atoms with Crippen molar-refractivity contribution in [1.29, 1.82) is 10.7 Å². The zero-order valence-corrected chi connectivity index (χ0v) is 27.2. The van der Waals surface area contributed by atoms with Gasteiger partial charge in [-0.15, -0.1) is 0 Å². The number of hydrogen-bond acceptors (Lipinski definition) is 7. The number of fused-ring (bicyclic) bond motifs is 1. The summed E-state index contributed by atoms with van der Waals surface area (Å²) in [5, 5.41) is 20.5. The predicted molar refractivity (Wildman–Crippen MR) is 172 cm³/mol. The summed E-state index contributed by atoms with van der Waals surface area (Å²) < 4.78 is 12.1. The minimum atomic E-state index is -0.366. The summed E-state index contributed by atoms with van der Waals surface area (Å²) >= 11 is 0. The van der Waals surface area contributed by atoms with Crippen molar-refractivity contribution in [3.05, 3.63) is 57.6 Å². The van der Waals surface area contributed by atoms with E-state index < -0.39 is 0 Å². The van der Waals surface area contributed by atoms with Crippen molar-refractivity contribution in [1.82, 2.24) is 15.1 Å². The number of carbonyl (C=O) groups is 3.